The third kappa shape index (κ3) is 7.20. The molecule has 3 rings (SSSR count). The first kappa shape index (κ1) is 27.9. The van der Waals surface area contributed by atoms with Crippen LogP contribution in [0.4, 0.5) is 11.4 Å². The minimum atomic E-state index is -3.98. The van der Waals surface area contributed by atoms with E-state index in [1.54, 1.807) is 42.6 Å². The van der Waals surface area contributed by atoms with Crippen molar-refractivity contribution in [3.8, 4) is 0 Å². The molecule has 37 heavy (non-hydrogen) atoms. The van der Waals surface area contributed by atoms with Gasteiger partial charge in [-0.2, -0.15) is 5.10 Å². The van der Waals surface area contributed by atoms with Crippen LogP contribution in [0.2, 0.25) is 0 Å². The molecule has 0 atom stereocenters. The lowest BCUT2D eigenvalue weighted by Gasteiger charge is -2.24. The van der Waals surface area contributed by atoms with Gasteiger partial charge in [0.1, 0.15) is 6.54 Å². The predicted octanol–water partition coefficient (Wildman–Crippen LogP) is 5.31. The number of aryl methyl sites for hydroxylation is 1. The Labute approximate surface area is 220 Å². The summed E-state index contributed by atoms with van der Waals surface area (Å²) in [6, 6.07) is 21.7. The number of benzene rings is 3. The molecule has 196 valence electrons. The molecule has 0 radical (unpaired) electrons. The summed E-state index contributed by atoms with van der Waals surface area (Å²) in [4.78, 5) is 15.2. The van der Waals surface area contributed by atoms with Crippen LogP contribution in [-0.4, -0.2) is 40.2 Å². The molecule has 0 saturated heterocycles. The molecule has 0 saturated carbocycles. The number of carbonyl (C=O) groups is 1. The Hall–Kier alpha value is -3.65. The summed E-state index contributed by atoms with van der Waals surface area (Å²) in [5, 5.41) is 4.05. The zero-order valence-corrected chi connectivity index (χ0v) is 23.0. The molecule has 7 nitrogen and oxygen atoms in total. The van der Waals surface area contributed by atoms with Crippen LogP contribution in [0.1, 0.15) is 50.3 Å². The summed E-state index contributed by atoms with van der Waals surface area (Å²) >= 11 is 0. The number of hydrogen-bond donors (Lipinski definition) is 1. The quantitative estimate of drug-likeness (QED) is 0.274. The van der Waals surface area contributed by atoms with E-state index >= 15 is 0 Å². The normalized spacial score (nSPS) is 11.6. The largest absolute Gasteiger partial charge is 0.372 e. The monoisotopic (exact) mass is 520 g/mol. The molecule has 0 aromatic heterocycles. The first-order chi connectivity index (χ1) is 17.6. The van der Waals surface area contributed by atoms with E-state index in [1.807, 2.05) is 43.3 Å². The molecule has 1 N–H and O–H groups in total. The van der Waals surface area contributed by atoms with E-state index in [9.17, 15) is 13.2 Å². The topological polar surface area (TPSA) is 82.1 Å². The minimum absolute atomic E-state index is 0.121. The molecule has 0 unspecified atom stereocenters. The molecule has 0 spiro atoms. The van der Waals surface area contributed by atoms with E-state index in [4.69, 9.17) is 0 Å². The molecule has 8 heteroatoms. The number of carbonyl (C=O) groups excluding carboxylic acids is 1. The van der Waals surface area contributed by atoms with Gasteiger partial charge in [0.15, 0.2) is 0 Å². The van der Waals surface area contributed by atoms with Crippen LogP contribution < -0.4 is 14.6 Å². The number of hydrogen-bond acceptors (Lipinski definition) is 5. The smallest absolute Gasteiger partial charge is 0.264 e. The minimum Gasteiger partial charge on any atom is -0.372 e. The summed E-state index contributed by atoms with van der Waals surface area (Å²) in [7, 11) is -3.98. The SMILES string of the molecule is CCN(CC)c1ccc(/C=N\NC(=O)CN(c2ccc(C(C)C)cc2)S(=O)(=O)c2ccc(C)cc2)cc1. The van der Waals surface area contributed by atoms with Gasteiger partial charge >= 0.3 is 0 Å². The second-order valence-electron chi connectivity index (χ2n) is 9.13. The lowest BCUT2D eigenvalue weighted by molar-refractivity contribution is -0.119. The van der Waals surface area contributed by atoms with Gasteiger partial charge in [-0.05, 0) is 74.2 Å². The van der Waals surface area contributed by atoms with E-state index in [2.05, 4.69) is 43.1 Å². The van der Waals surface area contributed by atoms with Crippen LogP contribution in [0.5, 0.6) is 0 Å². The van der Waals surface area contributed by atoms with Gasteiger partial charge in [0.2, 0.25) is 0 Å². The fraction of sp³-hybridized carbons (Fsp3) is 0.310. The Balaban J connectivity index is 1.79. The molecular formula is C29H36N4O3S. The molecule has 0 bridgehead atoms. The van der Waals surface area contributed by atoms with E-state index in [1.165, 1.54) is 0 Å². The van der Waals surface area contributed by atoms with Crippen LogP contribution >= 0.6 is 0 Å². The van der Waals surface area contributed by atoms with Crippen molar-refractivity contribution in [2.75, 3.05) is 28.8 Å². The first-order valence-corrected chi connectivity index (χ1v) is 14.0. The maximum Gasteiger partial charge on any atom is 0.264 e. The summed E-state index contributed by atoms with van der Waals surface area (Å²) in [6.07, 6.45) is 1.54. The van der Waals surface area contributed by atoms with E-state index in [0.717, 1.165) is 39.8 Å². The van der Waals surface area contributed by atoms with E-state index in [0.29, 0.717) is 11.6 Å². The van der Waals surface area contributed by atoms with Crippen molar-refractivity contribution in [3.63, 3.8) is 0 Å². The molecule has 0 aliphatic heterocycles. The number of rotatable bonds is 11. The van der Waals surface area contributed by atoms with Gasteiger partial charge in [-0.15, -0.1) is 0 Å². The van der Waals surface area contributed by atoms with Gasteiger partial charge in [-0.25, -0.2) is 13.8 Å². The van der Waals surface area contributed by atoms with Crippen molar-refractivity contribution >= 4 is 33.5 Å². The fourth-order valence-corrected chi connectivity index (χ4v) is 5.30. The van der Waals surface area contributed by atoms with Gasteiger partial charge in [0.25, 0.3) is 15.9 Å². The number of nitrogens with zero attached hydrogens (tertiary/aromatic N) is 3. The maximum absolute atomic E-state index is 13.5. The Morgan fingerprint density at radius 1 is 0.892 bits per heavy atom. The lowest BCUT2D eigenvalue weighted by Crippen LogP contribution is -2.39. The number of anilines is 2. The van der Waals surface area contributed by atoms with Gasteiger partial charge in [0, 0.05) is 18.8 Å². The molecule has 0 aliphatic rings. The third-order valence-corrected chi connectivity index (χ3v) is 7.96. The molecule has 0 aliphatic carbocycles. The van der Waals surface area contributed by atoms with Crippen molar-refractivity contribution in [1.82, 2.24) is 5.43 Å². The van der Waals surface area contributed by atoms with Crippen LogP contribution in [0, 0.1) is 6.92 Å². The fourth-order valence-electron chi connectivity index (χ4n) is 3.88. The average Bonchev–Trinajstić information content (AvgIpc) is 2.89. The summed E-state index contributed by atoms with van der Waals surface area (Å²) in [6.45, 7) is 11.7. The molecule has 0 fully saturated rings. The number of sulfonamides is 1. The van der Waals surface area contributed by atoms with Crippen molar-refractivity contribution in [2.24, 2.45) is 5.10 Å². The lowest BCUT2D eigenvalue weighted by atomic mass is 10.0. The van der Waals surface area contributed by atoms with Crippen molar-refractivity contribution in [1.29, 1.82) is 0 Å². The van der Waals surface area contributed by atoms with Crippen LogP contribution in [0.25, 0.3) is 0 Å². The van der Waals surface area contributed by atoms with Crippen LogP contribution in [-0.2, 0) is 14.8 Å². The highest BCUT2D eigenvalue weighted by Gasteiger charge is 2.27. The molecule has 0 heterocycles. The third-order valence-electron chi connectivity index (χ3n) is 6.17. The Bertz CT molecular complexity index is 1300. The van der Waals surface area contributed by atoms with E-state index < -0.39 is 22.5 Å². The first-order valence-electron chi connectivity index (χ1n) is 12.5. The molecule has 1 amide bonds. The summed E-state index contributed by atoms with van der Waals surface area (Å²) in [5.74, 6) is -0.241. The van der Waals surface area contributed by atoms with Crippen LogP contribution in [0.15, 0.2) is 82.8 Å². The highest BCUT2D eigenvalue weighted by molar-refractivity contribution is 7.92. The highest BCUT2D eigenvalue weighted by atomic mass is 32.2. The van der Waals surface area contributed by atoms with Crippen molar-refractivity contribution in [3.05, 3.63) is 89.5 Å². The van der Waals surface area contributed by atoms with Gasteiger partial charge in [-0.1, -0.05) is 55.8 Å². The van der Waals surface area contributed by atoms with Crippen molar-refractivity contribution < 1.29 is 13.2 Å². The second-order valence-corrected chi connectivity index (χ2v) is 11.0. The van der Waals surface area contributed by atoms with E-state index in [-0.39, 0.29) is 4.90 Å². The van der Waals surface area contributed by atoms with Crippen molar-refractivity contribution in [2.45, 2.75) is 45.4 Å². The highest BCUT2D eigenvalue weighted by Crippen LogP contribution is 2.26. The zero-order chi connectivity index (χ0) is 27.0. The Morgan fingerprint density at radius 2 is 1.46 bits per heavy atom. The maximum atomic E-state index is 13.5. The molecular weight excluding hydrogens is 484 g/mol. The zero-order valence-electron chi connectivity index (χ0n) is 22.2. The Kier molecular flexibility index (Phi) is 9.47. The average molecular weight is 521 g/mol. The number of hydrazone groups is 1. The number of amides is 1. The van der Waals surface area contributed by atoms with Gasteiger partial charge in [-0.3, -0.25) is 9.10 Å². The predicted molar refractivity (Wildman–Crippen MR) is 152 cm³/mol. The molecule has 3 aromatic carbocycles. The standard InChI is InChI=1S/C29H36N4O3S/c1-6-32(7-2)26-14-10-24(11-15-26)20-30-31-29(34)21-33(27-16-12-25(13-17-27)22(3)4)37(35,36)28-18-8-23(5)9-19-28/h8-20,22H,6-7,21H2,1-5H3,(H,31,34)/b30-20-. The van der Waals surface area contributed by atoms with Gasteiger partial charge in [0.05, 0.1) is 16.8 Å². The van der Waals surface area contributed by atoms with Crippen LogP contribution in [0.3, 0.4) is 0 Å². The number of nitrogens with one attached hydrogen (secondary N) is 1. The second kappa shape index (κ2) is 12.5. The summed E-state index contributed by atoms with van der Waals surface area (Å²) < 4.78 is 28.2. The summed E-state index contributed by atoms with van der Waals surface area (Å²) in [5.41, 5.74) is 6.85. The Morgan fingerprint density at radius 3 is 2.00 bits per heavy atom. The molecule has 3 aromatic rings. The van der Waals surface area contributed by atoms with Gasteiger partial charge < -0.3 is 4.90 Å².